The number of amides is 1. The average molecular weight is 261 g/mol. The Morgan fingerprint density at radius 2 is 2.22 bits per heavy atom. The molecule has 1 aromatic heterocycles. The molecule has 1 amide bonds. The van der Waals surface area contributed by atoms with Gasteiger partial charge in [-0.25, -0.2) is 4.79 Å². The highest BCUT2D eigenvalue weighted by molar-refractivity contribution is 5.65. The van der Waals surface area contributed by atoms with Crippen molar-refractivity contribution in [1.29, 1.82) is 0 Å². The van der Waals surface area contributed by atoms with Gasteiger partial charge in [0.1, 0.15) is 0 Å². The number of carbonyl (C=O) groups is 1. The highest BCUT2D eigenvalue weighted by Crippen LogP contribution is 2.32. The van der Waals surface area contributed by atoms with E-state index in [-0.39, 0.29) is 18.7 Å². The van der Waals surface area contributed by atoms with Crippen molar-refractivity contribution in [3.8, 4) is 0 Å². The molecule has 0 aliphatic carbocycles. The van der Waals surface area contributed by atoms with Crippen molar-refractivity contribution in [3.63, 3.8) is 0 Å². The fraction of sp³-hybridized carbons (Fsp3) is 0.400. The first kappa shape index (κ1) is 12.6. The van der Waals surface area contributed by atoms with E-state index in [1.807, 2.05) is 0 Å². The quantitative estimate of drug-likeness (QED) is 0.743. The van der Waals surface area contributed by atoms with Crippen LogP contribution in [0.15, 0.2) is 12.3 Å². The number of hydrogen-bond acceptors (Lipinski definition) is 3. The average Bonchev–Trinajstić information content (AvgIpc) is 2.26. The van der Waals surface area contributed by atoms with Gasteiger partial charge in [0, 0.05) is 12.7 Å². The first-order valence-corrected chi connectivity index (χ1v) is 5.08. The zero-order valence-corrected chi connectivity index (χ0v) is 9.11. The molecule has 3 N–H and O–H groups in total. The molecule has 98 valence electrons. The summed E-state index contributed by atoms with van der Waals surface area (Å²) in [6.07, 6.45) is -5.00. The Bertz CT molecular complexity index is 490. The van der Waals surface area contributed by atoms with E-state index in [4.69, 9.17) is 10.8 Å². The van der Waals surface area contributed by atoms with Gasteiger partial charge < -0.3 is 15.7 Å². The second-order valence-corrected chi connectivity index (χ2v) is 4.04. The zero-order chi connectivity index (χ0) is 13.5. The maximum absolute atomic E-state index is 12.5. The first-order chi connectivity index (χ1) is 8.29. The van der Waals surface area contributed by atoms with Gasteiger partial charge in [0.05, 0.1) is 23.8 Å². The smallest absolute Gasteiger partial charge is 0.417 e. The standard InChI is InChI=1S/C10H10F3N3O2/c11-10(12,13)6-1-5-3-16(9(17)18)4-7(14)8(5)15-2-6/h1-2,7H,3-4,14H2,(H,17,18)/t7-/m0/s1. The second kappa shape index (κ2) is 4.13. The van der Waals surface area contributed by atoms with Crippen LogP contribution in [0.1, 0.15) is 22.9 Å². The molecule has 1 aliphatic rings. The molecule has 2 heterocycles. The summed E-state index contributed by atoms with van der Waals surface area (Å²) in [4.78, 5) is 15.5. The van der Waals surface area contributed by atoms with Crippen molar-refractivity contribution in [1.82, 2.24) is 9.88 Å². The number of alkyl halides is 3. The van der Waals surface area contributed by atoms with Gasteiger partial charge in [-0.15, -0.1) is 0 Å². The van der Waals surface area contributed by atoms with E-state index >= 15 is 0 Å². The number of carboxylic acid groups (broad SMARTS) is 1. The monoisotopic (exact) mass is 261 g/mol. The molecule has 2 rings (SSSR count). The molecule has 0 saturated heterocycles. The zero-order valence-electron chi connectivity index (χ0n) is 9.11. The Balaban J connectivity index is 2.40. The minimum Gasteiger partial charge on any atom is -0.465 e. The van der Waals surface area contributed by atoms with E-state index in [0.717, 1.165) is 17.2 Å². The van der Waals surface area contributed by atoms with Crippen molar-refractivity contribution in [2.45, 2.75) is 18.8 Å². The summed E-state index contributed by atoms with van der Waals surface area (Å²) >= 11 is 0. The number of halogens is 3. The Morgan fingerprint density at radius 1 is 1.56 bits per heavy atom. The molecule has 1 atom stereocenters. The van der Waals surface area contributed by atoms with Crippen LogP contribution in [0.5, 0.6) is 0 Å². The van der Waals surface area contributed by atoms with Crippen molar-refractivity contribution < 1.29 is 23.1 Å². The fourth-order valence-electron chi connectivity index (χ4n) is 1.88. The van der Waals surface area contributed by atoms with E-state index in [2.05, 4.69) is 4.98 Å². The third-order valence-corrected chi connectivity index (χ3v) is 2.73. The van der Waals surface area contributed by atoms with E-state index in [1.54, 1.807) is 0 Å². The summed E-state index contributed by atoms with van der Waals surface area (Å²) in [5, 5.41) is 8.84. The van der Waals surface area contributed by atoms with Gasteiger partial charge in [0.2, 0.25) is 0 Å². The van der Waals surface area contributed by atoms with Crippen LogP contribution in [-0.2, 0) is 12.7 Å². The summed E-state index contributed by atoms with van der Waals surface area (Å²) in [6, 6.07) is 0.198. The molecular weight excluding hydrogens is 251 g/mol. The maximum atomic E-state index is 12.5. The number of aromatic nitrogens is 1. The maximum Gasteiger partial charge on any atom is 0.417 e. The van der Waals surface area contributed by atoms with Crippen LogP contribution in [0.2, 0.25) is 0 Å². The third kappa shape index (κ3) is 2.23. The van der Waals surface area contributed by atoms with Crippen LogP contribution < -0.4 is 5.73 Å². The van der Waals surface area contributed by atoms with Gasteiger partial charge in [0.15, 0.2) is 0 Å². The molecule has 0 radical (unpaired) electrons. The van der Waals surface area contributed by atoms with Gasteiger partial charge in [-0.3, -0.25) is 4.98 Å². The van der Waals surface area contributed by atoms with Crippen LogP contribution in [0.3, 0.4) is 0 Å². The number of nitrogens with two attached hydrogens (primary N) is 1. The third-order valence-electron chi connectivity index (χ3n) is 2.73. The van der Waals surface area contributed by atoms with Crippen molar-refractivity contribution >= 4 is 6.09 Å². The lowest BCUT2D eigenvalue weighted by molar-refractivity contribution is -0.137. The minimum absolute atomic E-state index is 0.0285. The summed E-state index contributed by atoms with van der Waals surface area (Å²) < 4.78 is 37.5. The Labute approximate surface area is 100 Å². The molecule has 0 unspecified atom stereocenters. The first-order valence-electron chi connectivity index (χ1n) is 5.08. The predicted octanol–water partition coefficient (Wildman–Crippen LogP) is 1.59. The molecule has 0 bridgehead atoms. The number of fused-ring (bicyclic) bond motifs is 1. The fourth-order valence-corrected chi connectivity index (χ4v) is 1.88. The highest BCUT2D eigenvalue weighted by atomic mass is 19.4. The summed E-state index contributed by atoms with van der Waals surface area (Å²) in [5.41, 5.74) is 5.30. The van der Waals surface area contributed by atoms with Gasteiger partial charge in [-0.2, -0.15) is 13.2 Å². The molecule has 1 aliphatic heterocycles. The van der Waals surface area contributed by atoms with E-state index < -0.39 is 23.9 Å². The van der Waals surface area contributed by atoms with E-state index in [9.17, 15) is 18.0 Å². The molecule has 1 aromatic rings. The number of rotatable bonds is 0. The lowest BCUT2D eigenvalue weighted by Crippen LogP contribution is -2.40. The van der Waals surface area contributed by atoms with Gasteiger partial charge in [-0.05, 0) is 11.6 Å². The molecule has 0 spiro atoms. The van der Waals surface area contributed by atoms with Crippen molar-refractivity contribution in [3.05, 3.63) is 29.1 Å². The molecule has 0 saturated carbocycles. The number of pyridine rings is 1. The summed E-state index contributed by atoms with van der Waals surface area (Å²) in [5.74, 6) is 0. The topological polar surface area (TPSA) is 79.5 Å². The van der Waals surface area contributed by atoms with Crippen LogP contribution >= 0.6 is 0 Å². The Morgan fingerprint density at radius 3 is 2.78 bits per heavy atom. The van der Waals surface area contributed by atoms with Crippen LogP contribution in [0, 0.1) is 0 Å². The van der Waals surface area contributed by atoms with Crippen molar-refractivity contribution in [2.75, 3.05) is 6.54 Å². The van der Waals surface area contributed by atoms with Crippen LogP contribution in [0.4, 0.5) is 18.0 Å². The van der Waals surface area contributed by atoms with Gasteiger partial charge in [-0.1, -0.05) is 0 Å². The number of nitrogens with zero attached hydrogens (tertiary/aromatic N) is 2. The van der Waals surface area contributed by atoms with Crippen molar-refractivity contribution in [2.24, 2.45) is 5.73 Å². The summed E-state index contributed by atoms with van der Waals surface area (Å²) in [6.45, 7) is -0.101. The van der Waals surface area contributed by atoms with Gasteiger partial charge in [0.25, 0.3) is 0 Å². The van der Waals surface area contributed by atoms with Crippen LogP contribution in [-0.4, -0.2) is 27.6 Å². The summed E-state index contributed by atoms with van der Waals surface area (Å²) in [7, 11) is 0. The SMILES string of the molecule is N[C@H]1CN(C(=O)O)Cc2cc(C(F)(F)F)cnc21. The largest absolute Gasteiger partial charge is 0.465 e. The molecule has 18 heavy (non-hydrogen) atoms. The lowest BCUT2D eigenvalue weighted by Gasteiger charge is -2.30. The predicted molar refractivity (Wildman–Crippen MR) is 54.6 cm³/mol. The molecule has 0 aromatic carbocycles. The molecular formula is C10H10F3N3O2. The minimum atomic E-state index is -4.50. The molecule has 5 nitrogen and oxygen atoms in total. The normalized spacial score (nSPS) is 19.6. The highest BCUT2D eigenvalue weighted by Gasteiger charge is 2.34. The van der Waals surface area contributed by atoms with E-state index in [0.29, 0.717) is 5.69 Å². The van der Waals surface area contributed by atoms with Gasteiger partial charge >= 0.3 is 12.3 Å². The lowest BCUT2D eigenvalue weighted by atomic mass is 10.0. The molecule has 8 heteroatoms. The second-order valence-electron chi connectivity index (χ2n) is 4.04. The van der Waals surface area contributed by atoms with E-state index in [1.165, 1.54) is 0 Å². The Hall–Kier alpha value is -1.83. The van der Waals surface area contributed by atoms with Crippen LogP contribution in [0.25, 0.3) is 0 Å². The Kier molecular flexibility index (Phi) is 2.89. The molecule has 0 fully saturated rings. The number of hydrogen-bond donors (Lipinski definition) is 2.